The molecular formula is C13H26N2. The second-order valence-electron chi connectivity index (χ2n) is 5.87. The van der Waals surface area contributed by atoms with Crippen molar-refractivity contribution in [2.24, 2.45) is 17.8 Å². The van der Waals surface area contributed by atoms with E-state index in [0.717, 1.165) is 23.8 Å². The van der Waals surface area contributed by atoms with Gasteiger partial charge >= 0.3 is 0 Å². The fourth-order valence-electron chi connectivity index (χ4n) is 2.96. The van der Waals surface area contributed by atoms with E-state index in [-0.39, 0.29) is 0 Å². The highest BCUT2D eigenvalue weighted by Gasteiger charge is 2.28. The van der Waals surface area contributed by atoms with Gasteiger partial charge in [-0.05, 0) is 57.2 Å². The lowest BCUT2D eigenvalue weighted by Gasteiger charge is -2.41. The molecule has 0 bridgehead atoms. The quantitative estimate of drug-likeness (QED) is 0.766. The molecule has 2 heteroatoms. The molecule has 2 aliphatic rings. The third-order valence-electron chi connectivity index (χ3n) is 4.42. The summed E-state index contributed by atoms with van der Waals surface area (Å²) in [6.45, 7) is 12.4. The minimum absolute atomic E-state index is 0.809. The first-order valence-corrected chi connectivity index (χ1v) is 6.61. The third-order valence-corrected chi connectivity index (χ3v) is 4.42. The van der Waals surface area contributed by atoms with Crippen LogP contribution in [-0.2, 0) is 0 Å². The maximum absolute atomic E-state index is 3.38. The van der Waals surface area contributed by atoms with Gasteiger partial charge in [-0.3, -0.25) is 0 Å². The number of piperidine rings is 1. The highest BCUT2D eigenvalue weighted by atomic mass is 15.2. The van der Waals surface area contributed by atoms with E-state index in [1.165, 1.54) is 39.0 Å². The molecule has 0 saturated carbocycles. The van der Waals surface area contributed by atoms with Crippen LogP contribution in [-0.4, -0.2) is 37.1 Å². The molecule has 15 heavy (non-hydrogen) atoms. The largest absolute Gasteiger partial charge is 0.316 e. The molecule has 1 N–H and O–H groups in total. The van der Waals surface area contributed by atoms with Crippen molar-refractivity contribution in [1.29, 1.82) is 0 Å². The molecule has 2 rings (SSSR count). The molecule has 0 radical (unpaired) electrons. The number of nitrogens with one attached hydrogen (secondary N) is 1. The Balaban J connectivity index is 1.77. The lowest BCUT2D eigenvalue weighted by atomic mass is 9.86. The summed E-state index contributed by atoms with van der Waals surface area (Å²) in [7, 11) is 0. The van der Waals surface area contributed by atoms with Crippen molar-refractivity contribution in [2.45, 2.75) is 39.7 Å². The molecule has 2 fully saturated rings. The van der Waals surface area contributed by atoms with Gasteiger partial charge < -0.3 is 10.2 Å². The molecule has 0 aromatic rings. The van der Waals surface area contributed by atoms with Crippen LogP contribution in [0.2, 0.25) is 0 Å². The Bertz CT molecular complexity index is 201. The summed E-state index contributed by atoms with van der Waals surface area (Å²) in [5.41, 5.74) is 0. The second-order valence-corrected chi connectivity index (χ2v) is 5.87. The first-order valence-electron chi connectivity index (χ1n) is 6.61. The maximum atomic E-state index is 3.38. The molecule has 3 atom stereocenters. The highest BCUT2D eigenvalue weighted by molar-refractivity contribution is 4.84. The van der Waals surface area contributed by atoms with Gasteiger partial charge in [-0.1, -0.05) is 13.8 Å². The smallest absolute Gasteiger partial charge is 0.00695 e. The van der Waals surface area contributed by atoms with Gasteiger partial charge in [0.15, 0.2) is 0 Å². The van der Waals surface area contributed by atoms with Crippen molar-refractivity contribution in [3.8, 4) is 0 Å². The predicted octanol–water partition coefficient (Wildman–Crippen LogP) is 1.96. The summed E-state index contributed by atoms with van der Waals surface area (Å²) in [5.74, 6) is 2.76. The first-order chi connectivity index (χ1) is 7.16. The first kappa shape index (κ1) is 11.4. The molecule has 0 aromatic heterocycles. The molecule has 2 nitrogen and oxygen atoms in total. The van der Waals surface area contributed by atoms with Crippen molar-refractivity contribution in [3.05, 3.63) is 0 Å². The number of hydrogen-bond donors (Lipinski definition) is 1. The van der Waals surface area contributed by atoms with Gasteiger partial charge in [-0.15, -0.1) is 0 Å². The summed E-state index contributed by atoms with van der Waals surface area (Å²) < 4.78 is 0. The molecule has 2 saturated heterocycles. The van der Waals surface area contributed by atoms with Crippen LogP contribution < -0.4 is 5.32 Å². The van der Waals surface area contributed by atoms with Crippen molar-refractivity contribution in [2.75, 3.05) is 26.2 Å². The fourth-order valence-corrected chi connectivity index (χ4v) is 2.96. The van der Waals surface area contributed by atoms with Crippen LogP contribution in [0.4, 0.5) is 0 Å². The van der Waals surface area contributed by atoms with E-state index in [0.29, 0.717) is 0 Å². The van der Waals surface area contributed by atoms with E-state index in [4.69, 9.17) is 0 Å². The lowest BCUT2D eigenvalue weighted by molar-refractivity contribution is 0.0887. The van der Waals surface area contributed by atoms with Gasteiger partial charge in [0.1, 0.15) is 0 Å². The van der Waals surface area contributed by atoms with Gasteiger partial charge in [-0.25, -0.2) is 0 Å². The van der Waals surface area contributed by atoms with Crippen LogP contribution >= 0.6 is 0 Å². The zero-order valence-corrected chi connectivity index (χ0v) is 10.5. The Morgan fingerprint density at radius 2 is 2.07 bits per heavy atom. The summed E-state index contributed by atoms with van der Waals surface area (Å²) in [5, 5.41) is 3.38. The molecule has 0 amide bonds. The van der Waals surface area contributed by atoms with Crippen LogP contribution in [0.25, 0.3) is 0 Å². The van der Waals surface area contributed by atoms with Crippen LogP contribution in [0.15, 0.2) is 0 Å². The van der Waals surface area contributed by atoms with Gasteiger partial charge in [0.25, 0.3) is 0 Å². The Kier molecular flexibility index (Phi) is 3.68. The van der Waals surface area contributed by atoms with E-state index in [2.05, 4.69) is 31.0 Å². The number of rotatable bonds is 3. The lowest BCUT2D eigenvalue weighted by Crippen LogP contribution is -2.50. The van der Waals surface area contributed by atoms with Crippen LogP contribution in [0.3, 0.4) is 0 Å². The normalized spacial score (nSPS) is 36.2. The number of likely N-dealkylation sites (tertiary alicyclic amines) is 1. The zero-order valence-electron chi connectivity index (χ0n) is 10.5. The molecular weight excluding hydrogens is 184 g/mol. The summed E-state index contributed by atoms with van der Waals surface area (Å²) in [4.78, 5) is 2.71. The standard InChI is InChI=1S/C13H26N2/c1-10-4-5-15(12(3)6-10)9-11(2)13-7-14-8-13/h10-14H,4-9H2,1-3H3. The average Bonchev–Trinajstić information content (AvgIpc) is 2.07. The molecule has 0 aromatic carbocycles. The minimum atomic E-state index is 0.809. The van der Waals surface area contributed by atoms with E-state index in [9.17, 15) is 0 Å². The zero-order chi connectivity index (χ0) is 10.8. The van der Waals surface area contributed by atoms with E-state index < -0.39 is 0 Å². The third kappa shape index (κ3) is 2.73. The van der Waals surface area contributed by atoms with Crippen molar-refractivity contribution in [3.63, 3.8) is 0 Å². The molecule has 2 aliphatic heterocycles. The molecule has 0 spiro atoms. The van der Waals surface area contributed by atoms with Crippen LogP contribution in [0, 0.1) is 17.8 Å². The monoisotopic (exact) mass is 210 g/mol. The van der Waals surface area contributed by atoms with Crippen molar-refractivity contribution in [1.82, 2.24) is 10.2 Å². The minimum Gasteiger partial charge on any atom is -0.316 e. The number of hydrogen-bond acceptors (Lipinski definition) is 2. The Hall–Kier alpha value is -0.0800. The fraction of sp³-hybridized carbons (Fsp3) is 1.00. The molecule has 2 heterocycles. The van der Waals surface area contributed by atoms with Crippen molar-refractivity contribution >= 4 is 0 Å². The molecule has 88 valence electrons. The maximum Gasteiger partial charge on any atom is 0.00695 e. The second kappa shape index (κ2) is 4.84. The van der Waals surface area contributed by atoms with Crippen LogP contribution in [0.1, 0.15) is 33.6 Å². The SMILES string of the molecule is CC1CCN(CC(C)C2CNC2)C(C)C1. The van der Waals surface area contributed by atoms with Crippen molar-refractivity contribution < 1.29 is 0 Å². The molecule has 3 unspecified atom stereocenters. The molecule has 0 aliphatic carbocycles. The van der Waals surface area contributed by atoms with Gasteiger partial charge in [0.2, 0.25) is 0 Å². The highest BCUT2D eigenvalue weighted by Crippen LogP contribution is 2.25. The Morgan fingerprint density at radius 3 is 2.60 bits per heavy atom. The van der Waals surface area contributed by atoms with E-state index in [1.54, 1.807) is 0 Å². The van der Waals surface area contributed by atoms with Gasteiger partial charge in [-0.2, -0.15) is 0 Å². The van der Waals surface area contributed by atoms with Crippen LogP contribution in [0.5, 0.6) is 0 Å². The summed E-state index contributed by atoms with van der Waals surface area (Å²) >= 11 is 0. The average molecular weight is 210 g/mol. The predicted molar refractivity (Wildman–Crippen MR) is 65.0 cm³/mol. The van der Waals surface area contributed by atoms with E-state index in [1.807, 2.05) is 0 Å². The van der Waals surface area contributed by atoms with Gasteiger partial charge in [0.05, 0.1) is 0 Å². The van der Waals surface area contributed by atoms with E-state index >= 15 is 0 Å². The number of nitrogens with zero attached hydrogens (tertiary/aromatic N) is 1. The topological polar surface area (TPSA) is 15.3 Å². The summed E-state index contributed by atoms with van der Waals surface area (Å²) in [6, 6.07) is 0.809. The summed E-state index contributed by atoms with van der Waals surface area (Å²) in [6.07, 6.45) is 2.80. The Labute approximate surface area is 94.4 Å². The van der Waals surface area contributed by atoms with Gasteiger partial charge in [0, 0.05) is 12.6 Å². The Morgan fingerprint density at radius 1 is 1.33 bits per heavy atom.